The number of morpholine rings is 1. The second kappa shape index (κ2) is 12.1. The van der Waals surface area contributed by atoms with Gasteiger partial charge in [-0.25, -0.2) is 12.8 Å². The second-order valence-electron chi connectivity index (χ2n) is 8.52. The van der Waals surface area contributed by atoms with Crippen LogP contribution in [0.15, 0.2) is 71.6 Å². The predicted molar refractivity (Wildman–Crippen MR) is 142 cm³/mol. The van der Waals surface area contributed by atoms with Crippen molar-refractivity contribution in [1.29, 1.82) is 0 Å². The minimum absolute atomic E-state index is 0.176. The molecule has 0 saturated carbocycles. The lowest BCUT2D eigenvalue weighted by molar-refractivity contribution is -0.119. The van der Waals surface area contributed by atoms with Gasteiger partial charge < -0.3 is 24.4 Å². The Hall–Kier alpha value is -3.83. The van der Waals surface area contributed by atoms with Crippen LogP contribution < -0.4 is 24.0 Å². The van der Waals surface area contributed by atoms with Gasteiger partial charge in [-0.3, -0.25) is 9.10 Å². The normalized spacial score (nSPS) is 13.6. The minimum atomic E-state index is -4.35. The molecule has 1 fully saturated rings. The number of rotatable bonds is 10. The topological polar surface area (TPSA) is 97.4 Å². The maximum Gasteiger partial charge on any atom is 0.265 e. The molecule has 0 atom stereocenters. The number of amides is 1. The molecular formula is C27H30FN3O6S. The Bertz CT molecular complexity index is 1360. The van der Waals surface area contributed by atoms with Crippen molar-refractivity contribution in [3.05, 3.63) is 78.1 Å². The van der Waals surface area contributed by atoms with Crippen LogP contribution in [0.1, 0.15) is 5.56 Å². The molecule has 9 nitrogen and oxygen atoms in total. The van der Waals surface area contributed by atoms with Crippen molar-refractivity contribution in [2.24, 2.45) is 0 Å². The summed E-state index contributed by atoms with van der Waals surface area (Å²) in [4.78, 5) is 15.0. The quantitative estimate of drug-likeness (QED) is 0.420. The second-order valence-corrected chi connectivity index (χ2v) is 10.4. The molecular weight excluding hydrogens is 513 g/mol. The van der Waals surface area contributed by atoms with E-state index in [1.54, 1.807) is 0 Å². The number of carbonyl (C=O) groups is 1. The third-order valence-electron chi connectivity index (χ3n) is 6.15. The Balaban J connectivity index is 1.52. The van der Waals surface area contributed by atoms with Crippen molar-refractivity contribution in [2.45, 2.75) is 11.4 Å². The number of ether oxygens (including phenoxy) is 3. The standard InChI is InChI=1S/C27H30FN3O6S/c1-35-25-12-11-22(17-26(25)36-2)38(33,34)31(24-6-4-3-5-23(24)28)19-27(32)29-18-20-7-9-21(10-8-20)30-13-15-37-16-14-30/h3-12,17H,13-16,18-19H2,1-2H3,(H,29,32). The van der Waals surface area contributed by atoms with E-state index in [4.69, 9.17) is 14.2 Å². The molecule has 0 aromatic heterocycles. The third kappa shape index (κ3) is 6.17. The summed E-state index contributed by atoms with van der Waals surface area (Å²) in [5.74, 6) is -0.842. The smallest absolute Gasteiger partial charge is 0.265 e. The fourth-order valence-corrected chi connectivity index (χ4v) is 5.54. The first-order chi connectivity index (χ1) is 18.3. The molecule has 1 aliphatic heterocycles. The average molecular weight is 544 g/mol. The van der Waals surface area contributed by atoms with Crippen LogP contribution in [0.2, 0.25) is 0 Å². The van der Waals surface area contributed by atoms with Gasteiger partial charge in [-0.2, -0.15) is 0 Å². The summed E-state index contributed by atoms with van der Waals surface area (Å²) in [5.41, 5.74) is 1.66. The molecule has 3 aromatic carbocycles. The molecule has 1 amide bonds. The van der Waals surface area contributed by atoms with E-state index in [2.05, 4.69) is 10.2 Å². The lowest BCUT2D eigenvalue weighted by Crippen LogP contribution is -2.41. The molecule has 0 spiro atoms. The zero-order valence-corrected chi connectivity index (χ0v) is 22.0. The maximum absolute atomic E-state index is 14.7. The Morgan fingerprint density at radius 1 is 1.00 bits per heavy atom. The predicted octanol–water partition coefficient (Wildman–Crippen LogP) is 3.19. The van der Waals surface area contributed by atoms with Gasteiger partial charge >= 0.3 is 0 Å². The number of nitrogens with one attached hydrogen (secondary N) is 1. The summed E-state index contributed by atoms with van der Waals surface area (Å²) in [6.07, 6.45) is 0. The fourth-order valence-electron chi connectivity index (χ4n) is 4.09. The summed E-state index contributed by atoms with van der Waals surface area (Å²) in [6, 6.07) is 17.2. The molecule has 11 heteroatoms. The van der Waals surface area contributed by atoms with Gasteiger partial charge in [0, 0.05) is 31.4 Å². The average Bonchev–Trinajstić information content (AvgIpc) is 2.95. The van der Waals surface area contributed by atoms with Crippen molar-refractivity contribution in [1.82, 2.24) is 5.32 Å². The number of hydrogen-bond donors (Lipinski definition) is 1. The van der Waals surface area contributed by atoms with Crippen LogP contribution in [0.3, 0.4) is 0 Å². The Kier molecular flexibility index (Phi) is 8.70. The fraction of sp³-hybridized carbons (Fsp3) is 0.296. The van der Waals surface area contributed by atoms with Crippen LogP contribution in [0.4, 0.5) is 15.8 Å². The summed E-state index contributed by atoms with van der Waals surface area (Å²) in [6.45, 7) is 2.56. The van der Waals surface area contributed by atoms with Crippen molar-refractivity contribution < 1.29 is 31.8 Å². The lowest BCUT2D eigenvalue weighted by atomic mass is 10.2. The molecule has 202 valence electrons. The zero-order valence-electron chi connectivity index (χ0n) is 21.2. The number of sulfonamides is 1. The number of nitrogens with zero attached hydrogens (tertiary/aromatic N) is 2. The van der Waals surface area contributed by atoms with Gasteiger partial charge in [-0.1, -0.05) is 24.3 Å². The Morgan fingerprint density at radius 3 is 2.34 bits per heavy atom. The van der Waals surface area contributed by atoms with Crippen LogP contribution in [0, 0.1) is 5.82 Å². The number of para-hydroxylation sites is 1. The largest absolute Gasteiger partial charge is 0.493 e. The first-order valence-electron chi connectivity index (χ1n) is 12.0. The summed E-state index contributed by atoms with van der Waals surface area (Å²) in [5, 5.41) is 2.74. The first-order valence-corrected chi connectivity index (χ1v) is 13.4. The number of methoxy groups -OCH3 is 2. The van der Waals surface area contributed by atoms with E-state index in [-0.39, 0.29) is 22.9 Å². The number of benzene rings is 3. The van der Waals surface area contributed by atoms with E-state index < -0.39 is 28.3 Å². The summed E-state index contributed by atoms with van der Waals surface area (Å²) in [7, 11) is -1.54. The number of halogens is 1. The summed E-state index contributed by atoms with van der Waals surface area (Å²) < 4.78 is 58.5. The van der Waals surface area contributed by atoms with Crippen molar-refractivity contribution in [2.75, 3.05) is 56.3 Å². The molecule has 0 bridgehead atoms. The number of hydrogen-bond acceptors (Lipinski definition) is 7. The van der Waals surface area contributed by atoms with E-state index in [1.807, 2.05) is 24.3 Å². The van der Waals surface area contributed by atoms with E-state index in [0.29, 0.717) is 19.0 Å². The molecule has 3 aromatic rings. The summed E-state index contributed by atoms with van der Waals surface area (Å²) >= 11 is 0. The van der Waals surface area contributed by atoms with Gasteiger partial charge in [-0.05, 0) is 42.0 Å². The number of carbonyl (C=O) groups excluding carboxylic acids is 1. The van der Waals surface area contributed by atoms with Gasteiger partial charge in [0.05, 0.1) is 38.0 Å². The SMILES string of the molecule is COc1ccc(S(=O)(=O)N(CC(=O)NCc2ccc(N3CCOCC3)cc2)c2ccccc2F)cc1OC. The number of anilines is 2. The van der Waals surface area contributed by atoms with Gasteiger partial charge in [0.2, 0.25) is 5.91 Å². The van der Waals surface area contributed by atoms with Gasteiger partial charge in [0.25, 0.3) is 10.0 Å². The molecule has 0 radical (unpaired) electrons. The van der Waals surface area contributed by atoms with Gasteiger partial charge in [0.1, 0.15) is 12.4 Å². The first kappa shape index (κ1) is 27.2. The van der Waals surface area contributed by atoms with Crippen LogP contribution in [0.5, 0.6) is 11.5 Å². The van der Waals surface area contributed by atoms with Gasteiger partial charge in [-0.15, -0.1) is 0 Å². The lowest BCUT2D eigenvalue weighted by Gasteiger charge is -2.29. The highest BCUT2D eigenvalue weighted by atomic mass is 32.2. The molecule has 1 heterocycles. The molecule has 1 aliphatic rings. The maximum atomic E-state index is 14.7. The molecule has 1 N–H and O–H groups in total. The molecule has 1 saturated heterocycles. The highest BCUT2D eigenvalue weighted by Gasteiger charge is 2.30. The van der Waals surface area contributed by atoms with Crippen molar-refractivity contribution >= 4 is 27.3 Å². The van der Waals surface area contributed by atoms with Crippen LogP contribution in [-0.4, -0.2) is 61.4 Å². The minimum Gasteiger partial charge on any atom is -0.493 e. The highest BCUT2D eigenvalue weighted by molar-refractivity contribution is 7.92. The van der Waals surface area contributed by atoms with E-state index in [1.165, 1.54) is 50.6 Å². The van der Waals surface area contributed by atoms with Crippen molar-refractivity contribution in [3.8, 4) is 11.5 Å². The van der Waals surface area contributed by atoms with Crippen molar-refractivity contribution in [3.63, 3.8) is 0 Å². The molecule has 38 heavy (non-hydrogen) atoms. The zero-order chi connectivity index (χ0) is 27.1. The van der Waals surface area contributed by atoms with Crippen LogP contribution >= 0.6 is 0 Å². The van der Waals surface area contributed by atoms with Crippen LogP contribution in [0.25, 0.3) is 0 Å². The van der Waals surface area contributed by atoms with E-state index >= 15 is 0 Å². The molecule has 0 aliphatic carbocycles. The Labute approximate surface area is 221 Å². The molecule has 0 unspecified atom stereocenters. The third-order valence-corrected chi connectivity index (χ3v) is 7.91. The molecule has 4 rings (SSSR count). The van der Waals surface area contributed by atoms with Gasteiger partial charge in [0.15, 0.2) is 11.5 Å². The van der Waals surface area contributed by atoms with E-state index in [9.17, 15) is 17.6 Å². The highest BCUT2D eigenvalue weighted by Crippen LogP contribution is 2.32. The Morgan fingerprint density at radius 2 is 1.68 bits per heavy atom. The monoisotopic (exact) mass is 543 g/mol. The van der Waals surface area contributed by atoms with E-state index in [0.717, 1.165) is 34.7 Å². The van der Waals surface area contributed by atoms with Crippen LogP contribution in [-0.2, 0) is 26.1 Å².